The van der Waals surface area contributed by atoms with Crippen LogP contribution >= 0.6 is 0 Å². The first-order valence-corrected chi connectivity index (χ1v) is 6.60. The Balaban J connectivity index is 2.29. The molecule has 100 valence electrons. The highest BCUT2D eigenvalue weighted by molar-refractivity contribution is 5.77. The first kappa shape index (κ1) is 14.6. The lowest BCUT2D eigenvalue weighted by Gasteiger charge is -2.10. The molecule has 3 nitrogen and oxygen atoms in total. The lowest BCUT2D eigenvalue weighted by molar-refractivity contribution is -0.123. The van der Waals surface area contributed by atoms with E-state index in [4.69, 9.17) is 4.74 Å². The Morgan fingerprint density at radius 2 is 2.06 bits per heavy atom. The minimum absolute atomic E-state index is 0.0499. The molecule has 0 bridgehead atoms. The molecule has 0 fully saturated rings. The van der Waals surface area contributed by atoms with Gasteiger partial charge in [-0.25, -0.2) is 0 Å². The second-order valence-electron chi connectivity index (χ2n) is 4.61. The number of hydrogen-bond acceptors (Lipinski definition) is 2. The van der Waals surface area contributed by atoms with Gasteiger partial charge in [-0.15, -0.1) is 0 Å². The van der Waals surface area contributed by atoms with Crippen LogP contribution in [-0.4, -0.2) is 19.1 Å². The molecule has 1 aromatic carbocycles. The van der Waals surface area contributed by atoms with Gasteiger partial charge in [-0.3, -0.25) is 4.79 Å². The highest BCUT2D eigenvalue weighted by Crippen LogP contribution is 2.18. The van der Waals surface area contributed by atoms with Crippen LogP contribution in [0.25, 0.3) is 0 Å². The van der Waals surface area contributed by atoms with Gasteiger partial charge in [-0.1, -0.05) is 37.5 Å². The fourth-order valence-electron chi connectivity index (χ4n) is 1.76. The molecule has 1 rings (SSSR count). The summed E-state index contributed by atoms with van der Waals surface area (Å²) in [5.74, 6) is 0.732. The average Bonchev–Trinajstić information content (AvgIpc) is 2.33. The molecule has 0 spiro atoms. The standard InChI is InChI=1S/C15H23NO2/c1-4-5-6-9-16-15(17)11-18-14-8-7-12(2)10-13(14)3/h7-8,10H,4-6,9,11H2,1-3H3,(H,16,17). The maximum atomic E-state index is 11.5. The zero-order valence-corrected chi connectivity index (χ0v) is 11.6. The summed E-state index contributed by atoms with van der Waals surface area (Å²) in [7, 11) is 0. The second kappa shape index (κ2) is 7.75. The summed E-state index contributed by atoms with van der Waals surface area (Å²) in [5.41, 5.74) is 2.26. The van der Waals surface area contributed by atoms with Crippen LogP contribution in [0.15, 0.2) is 18.2 Å². The number of carbonyl (C=O) groups is 1. The normalized spacial score (nSPS) is 10.2. The third-order valence-corrected chi connectivity index (χ3v) is 2.79. The molecule has 0 aliphatic heterocycles. The largest absolute Gasteiger partial charge is 0.484 e. The average molecular weight is 249 g/mol. The van der Waals surface area contributed by atoms with Crippen molar-refractivity contribution in [3.63, 3.8) is 0 Å². The first-order valence-electron chi connectivity index (χ1n) is 6.60. The molecule has 0 saturated heterocycles. The molecule has 3 heteroatoms. The number of amides is 1. The summed E-state index contributed by atoms with van der Waals surface area (Å²) < 4.78 is 5.50. The summed E-state index contributed by atoms with van der Waals surface area (Å²) >= 11 is 0. The molecule has 0 saturated carbocycles. The van der Waals surface area contributed by atoms with E-state index in [1.807, 2.05) is 26.0 Å². The quantitative estimate of drug-likeness (QED) is 0.754. The molecular formula is C15H23NO2. The first-order chi connectivity index (χ1) is 8.63. The number of aryl methyl sites for hydroxylation is 2. The molecule has 0 aliphatic rings. The number of carbonyl (C=O) groups excluding carboxylic acids is 1. The van der Waals surface area contributed by atoms with Gasteiger partial charge in [0, 0.05) is 6.54 Å². The molecule has 0 unspecified atom stereocenters. The monoisotopic (exact) mass is 249 g/mol. The van der Waals surface area contributed by atoms with Gasteiger partial charge in [0.1, 0.15) is 5.75 Å². The Bertz CT molecular complexity index is 388. The predicted octanol–water partition coefficient (Wildman–Crippen LogP) is 2.99. The maximum Gasteiger partial charge on any atom is 0.257 e. The van der Waals surface area contributed by atoms with E-state index in [1.165, 1.54) is 5.56 Å². The summed E-state index contributed by atoms with van der Waals surface area (Å²) in [4.78, 5) is 11.5. The van der Waals surface area contributed by atoms with E-state index >= 15 is 0 Å². The Morgan fingerprint density at radius 3 is 2.72 bits per heavy atom. The lowest BCUT2D eigenvalue weighted by Crippen LogP contribution is -2.29. The predicted molar refractivity (Wildman–Crippen MR) is 73.9 cm³/mol. The van der Waals surface area contributed by atoms with E-state index < -0.39 is 0 Å². The van der Waals surface area contributed by atoms with Crippen LogP contribution in [-0.2, 0) is 4.79 Å². The highest BCUT2D eigenvalue weighted by atomic mass is 16.5. The number of benzene rings is 1. The van der Waals surface area contributed by atoms with E-state index in [0.717, 1.165) is 37.1 Å². The SMILES string of the molecule is CCCCCNC(=O)COc1ccc(C)cc1C. The molecule has 1 aromatic rings. The molecule has 0 heterocycles. The van der Waals surface area contributed by atoms with Crippen LogP contribution in [0, 0.1) is 13.8 Å². The number of rotatable bonds is 7. The maximum absolute atomic E-state index is 11.5. The molecular weight excluding hydrogens is 226 g/mol. The number of unbranched alkanes of at least 4 members (excludes halogenated alkanes) is 2. The number of nitrogens with one attached hydrogen (secondary N) is 1. The summed E-state index contributed by atoms with van der Waals surface area (Å²) in [6.45, 7) is 7.00. The van der Waals surface area contributed by atoms with E-state index in [1.54, 1.807) is 0 Å². The lowest BCUT2D eigenvalue weighted by atomic mass is 10.1. The molecule has 1 N–H and O–H groups in total. The Labute approximate surface area is 110 Å². The van der Waals surface area contributed by atoms with Gasteiger partial charge in [0.25, 0.3) is 5.91 Å². The van der Waals surface area contributed by atoms with Crippen LogP contribution in [0.1, 0.15) is 37.3 Å². The van der Waals surface area contributed by atoms with Crippen LogP contribution in [0.4, 0.5) is 0 Å². The summed E-state index contributed by atoms with van der Waals surface area (Å²) in [6.07, 6.45) is 3.35. The Morgan fingerprint density at radius 1 is 1.28 bits per heavy atom. The van der Waals surface area contributed by atoms with Crippen molar-refractivity contribution in [2.75, 3.05) is 13.2 Å². The minimum atomic E-state index is -0.0499. The van der Waals surface area contributed by atoms with Crippen molar-refractivity contribution in [3.05, 3.63) is 29.3 Å². The molecule has 0 atom stereocenters. The topological polar surface area (TPSA) is 38.3 Å². The fraction of sp³-hybridized carbons (Fsp3) is 0.533. The van der Waals surface area contributed by atoms with Gasteiger partial charge in [0.15, 0.2) is 6.61 Å². The number of hydrogen-bond donors (Lipinski definition) is 1. The molecule has 0 radical (unpaired) electrons. The van der Waals surface area contributed by atoms with Crippen LogP contribution in [0.5, 0.6) is 5.75 Å². The molecule has 18 heavy (non-hydrogen) atoms. The van der Waals surface area contributed by atoms with Gasteiger partial charge in [0.2, 0.25) is 0 Å². The van der Waals surface area contributed by atoms with E-state index in [2.05, 4.69) is 18.3 Å². The third kappa shape index (κ3) is 5.21. The van der Waals surface area contributed by atoms with E-state index in [0.29, 0.717) is 0 Å². The van der Waals surface area contributed by atoms with E-state index in [9.17, 15) is 4.79 Å². The molecule has 0 aliphatic carbocycles. The Hall–Kier alpha value is -1.51. The van der Waals surface area contributed by atoms with Crippen LogP contribution < -0.4 is 10.1 Å². The fourth-order valence-corrected chi connectivity index (χ4v) is 1.76. The van der Waals surface area contributed by atoms with Gasteiger partial charge in [0.05, 0.1) is 0 Å². The van der Waals surface area contributed by atoms with Gasteiger partial charge >= 0.3 is 0 Å². The second-order valence-corrected chi connectivity index (χ2v) is 4.61. The summed E-state index contributed by atoms with van der Waals surface area (Å²) in [6, 6.07) is 5.95. The molecule has 0 aromatic heterocycles. The smallest absolute Gasteiger partial charge is 0.257 e. The van der Waals surface area contributed by atoms with Crippen molar-refractivity contribution >= 4 is 5.91 Å². The van der Waals surface area contributed by atoms with Crippen LogP contribution in [0.2, 0.25) is 0 Å². The molecule has 1 amide bonds. The van der Waals surface area contributed by atoms with Gasteiger partial charge in [-0.2, -0.15) is 0 Å². The van der Waals surface area contributed by atoms with Crippen molar-refractivity contribution < 1.29 is 9.53 Å². The summed E-state index contributed by atoms with van der Waals surface area (Å²) in [5, 5.41) is 2.85. The van der Waals surface area contributed by atoms with Crippen molar-refractivity contribution in [1.82, 2.24) is 5.32 Å². The zero-order valence-electron chi connectivity index (χ0n) is 11.6. The van der Waals surface area contributed by atoms with Gasteiger partial charge < -0.3 is 10.1 Å². The van der Waals surface area contributed by atoms with Crippen molar-refractivity contribution in [2.45, 2.75) is 40.0 Å². The van der Waals surface area contributed by atoms with Crippen LogP contribution in [0.3, 0.4) is 0 Å². The van der Waals surface area contributed by atoms with E-state index in [-0.39, 0.29) is 12.5 Å². The zero-order chi connectivity index (χ0) is 13.4. The number of ether oxygens (including phenoxy) is 1. The minimum Gasteiger partial charge on any atom is -0.484 e. The van der Waals surface area contributed by atoms with Gasteiger partial charge in [-0.05, 0) is 31.9 Å². The Kier molecular flexibility index (Phi) is 6.26. The third-order valence-electron chi connectivity index (χ3n) is 2.79. The highest BCUT2D eigenvalue weighted by Gasteiger charge is 2.04. The van der Waals surface area contributed by atoms with Crippen molar-refractivity contribution in [3.8, 4) is 5.75 Å². The van der Waals surface area contributed by atoms with Crippen molar-refractivity contribution in [2.24, 2.45) is 0 Å². The van der Waals surface area contributed by atoms with Crippen molar-refractivity contribution in [1.29, 1.82) is 0 Å².